The first-order valence-corrected chi connectivity index (χ1v) is 20.2. The number of piperidine rings is 3. The summed E-state index contributed by atoms with van der Waals surface area (Å²) < 4.78 is 19.8. The molecular weight excluding hydrogens is 756 g/mol. The zero-order valence-corrected chi connectivity index (χ0v) is 32.4. The van der Waals surface area contributed by atoms with Crippen LogP contribution in [-0.4, -0.2) is 117 Å². The molecule has 4 saturated heterocycles. The minimum atomic E-state index is -0.976. The number of imide groups is 2. The number of fused-ring (bicyclic) bond motifs is 1. The van der Waals surface area contributed by atoms with Crippen molar-refractivity contribution in [2.75, 3.05) is 55.2 Å². The van der Waals surface area contributed by atoms with Gasteiger partial charge in [-0.3, -0.25) is 39.7 Å². The summed E-state index contributed by atoms with van der Waals surface area (Å²) in [6.45, 7) is 5.61. The van der Waals surface area contributed by atoms with Crippen LogP contribution in [0.3, 0.4) is 0 Å². The van der Waals surface area contributed by atoms with E-state index in [0.29, 0.717) is 45.9 Å². The number of nitrogen functional groups attached to an aromatic ring is 1. The van der Waals surface area contributed by atoms with Gasteiger partial charge in [0.05, 0.1) is 22.4 Å². The highest BCUT2D eigenvalue weighted by Gasteiger charge is 2.45. The summed E-state index contributed by atoms with van der Waals surface area (Å²) in [6, 6.07) is 18.5. The summed E-state index contributed by atoms with van der Waals surface area (Å²) in [4.78, 5) is 67.6. The molecule has 4 aromatic rings. The molecule has 15 nitrogen and oxygen atoms in total. The minimum Gasteiger partial charge on any atom is -0.454 e. The number of anilines is 3. The second-order valence-electron chi connectivity index (χ2n) is 15.9. The fourth-order valence-electron chi connectivity index (χ4n) is 9.01. The van der Waals surface area contributed by atoms with E-state index >= 15 is 0 Å². The Balaban J connectivity index is 0.742. The molecule has 4 amide bonds. The Morgan fingerprint density at radius 1 is 0.831 bits per heavy atom. The van der Waals surface area contributed by atoms with Gasteiger partial charge in [0.15, 0.2) is 11.6 Å². The number of benzene rings is 3. The lowest BCUT2D eigenvalue weighted by Gasteiger charge is -2.50. The van der Waals surface area contributed by atoms with Gasteiger partial charge in [0.1, 0.15) is 29.8 Å². The number of rotatable bonds is 10. The summed E-state index contributed by atoms with van der Waals surface area (Å²) >= 11 is 0. The standard InChI is InChI=1S/C43H45FN10O5/c44-33-3-1-2-4-35(33)59-30-8-5-25(6-9-30)38(45)37-39(46)47-24-48-40(37)49-26-13-17-51(18-14-26)27-15-19-52(20-16-27)29-22-53(23-29)28-7-10-31-32(21-28)43(58)54(42(31)57)34-11-12-36(55)50-41(34)56/h1-10,21,24,26-27,29,34,45H,11-20,22-23H2,(H,50,55,56)(H3,46,47,48,49). The van der Waals surface area contributed by atoms with Crippen LogP contribution in [0.2, 0.25) is 0 Å². The Labute approximate surface area is 340 Å². The number of likely N-dealkylation sites (tertiary alicyclic amines) is 2. The Kier molecular flexibility index (Phi) is 10.3. The van der Waals surface area contributed by atoms with Gasteiger partial charge in [-0.2, -0.15) is 0 Å². The molecule has 1 aromatic heterocycles. The number of nitrogens with one attached hydrogen (secondary N) is 3. The van der Waals surface area contributed by atoms with Crippen LogP contribution in [-0.2, 0) is 9.59 Å². The lowest BCUT2D eigenvalue weighted by atomic mass is 9.95. The number of nitrogens with two attached hydrogens (primary N) is 1. The van der Waals surface area contributed by atoms with Crippen molar-refractivity contribution in [1.82, 2.24) is 30.0 Å². The van der Waals surface area contributed by atoms with E-state index in [2.05, 4.69) is 35.3 Å². The highest BCUT2D eigenvalue weighted by Crippen LogP contribution is 2.34. The molecule has 0 bridgehead atoms. The smallest absolute Gasteiger partial charge is 0.262 e. The molecule has 5 aliphatic rings. The minimum absolute atomic E-state index is 0.0887. The summed E-state index contributed by atoms with van der Waals surface area (Å²) in [5.74, 6) is -1.12. The number of carbonyl (C=O) groups excluding carboxylic acids is 4. The molecule has 304 valence electrons. The topological polar surface area (TPSA) is 190 Å². The fourth-order valence-corrected chi connectivity index (χ4v) is 9.01. The normalized spacial score (nSPS) is 21.0. The molecular formula is C43H45FN10O5. The first kappa shape index (κ1) is 38.3. The maximum Gasteiger partial charge on any atom is 0.262 e. The molecule has 4 fully saturated rings. The zero-order valence-electron chi connectivity index (χ0n) is 32.4. The molecule has 6 heterocycles. The number of aromatic nitrogens is 2. The predicted octanol–water partition coefficient (Wildman–Crippen LogP) is 4.04. The van der Waals surface area contributed by atoms with Gasteiger partial charge in [-0.15, -0.1) is 0 Å². The van der Waals surface area contributed by atoms with Gasteiger partial charge in [0, 0.05) is 75.1 Å². The molecule has 0 aliphatic carbocycles. The fraction of sp³-hybridized carbons (Fsp3) is 0.372. The number of ether oxygens (including phenoxy) is 1. The van der Waals surface area contributed by atoms with E-state index in [1.807, 2.05) is 6.07 Å². The van der Waals surface area contributed by atoms with Gasteiger partial charge in [-0.25, -0.2) is 14.4 Å². The first-order valence-electron chi connectivity index (χ1n) is 20.2. The number of nitrogens with zero attached hydrogens (tertiary/aromatic N) is 6. The van der Waals surface area contributed by atoms with Crippen molar-refractivity contribution in [2.24, 2.45) is 0 Å². The molecule has 59 heavy (non-hydrogen) atoms. The van der Waals surface area contributed by atoms with Crippen LogP contribution in [0.1, 0.15) is 70.4 Å². The maximum atomic E-state index is 14.1. The lowest BCUT2D eigenvalue weighted by molar-refractivity contribution is -0.136. The average molecular weight is 801 g/mol. The molecule has 16 heteroatoms. The lowest BCUT2D eigenvalue weighted by Crippen LogP contribution is -2.62. The number of hydrogen-bond donors (Lipinski definition) is 4. The highest BCUT2D eigenvalue weighted by atomic mass is 19.1. The SMILES string of the molecule is N=C(c1ccc(Oc2ccccc2F)cc1)c1c(N)ncnc1NC1CCN(C2CCN(C3CN(c4ccc5c(c4)C(=O)N(C4CCC(=O)NC4=O)C5=O)C3)CC2)CC1. The molecule has 5 N–H and O–H groups in total. The summed E-state index contributed by atoms with van der Waals surface area (Å²) in [5, 5.41) is 14.8. The van der Waals surface area contributed by atoms with E-state index in [9.17, 15) is 23.6 Å². The van der Waals surface area contributed by atoms with Crippen molar-refractivity contribution in [3.63, 3.8) is 0 Å². The molecule has 1 atom stereocenters. The number of para-hydroxylation sites is 1. The van der Waals surface area contributed by atoms with E-state index < -0.39 is 35.5 Å². The van der Waals surface area contributed by atoms with Crippen molar-refractivity contribution in [1.29, 1.82) is 5.41 Å². The molecule has 0 spiro atoms. The molecule has 5 aliphatic heterocycles. The second kappa shape index (κ2) is 15.8. The summed E-state index contributed by atoms with van der Waals surface area (Å²) in [6.07, 6.45) is 5.67. The van der Waals surface area contributed by atoms with Crippen LogP contribution in [0.4, 0.5) is 21.7 Å². The number of hydrogen-bond acceptors (Lipinski definition) is 13. The quantitative estimate of drug-likeness (QED) is 0.133. The van der Waals surface area contributed by atoms with Gasteiger partial charge >= 0.3 is 0 Å². The third kappa shape index (κ3) is 7.49. The molecule has 1 unspecified atom stereocenters. The van der Waals surface area contributed by atoms with Crippen molar-refractivity contribution < 1.29 is 28.3 Å². The number of carbonyl (C=O) groups is 4. The molecule has 3 aromatic carbocycles. The third-order valence-corrected chi connectivity index (χ3v) is 12.4. The summed E-state index contributed by atoms with van der Waals surface area (Å²) in [5.41, 5.74) is 9.02. The van der Waals surface area contributed by atoms with Crippen LogP contribution in [0.5, 0.6) is 11.5 Å². The second-order valence-corrected chi connectivity index (χ2v) is 15.9. The van der Waals surface area contributed by atoms with E-state index in [0.717, 1.165) is 75.5 Å². The van der Waals surface area contributed by atoms with Crippen LogP contribution in [0.15, 0.2) is 73.1 Å². The van der Waals surface area contributed by atoms with Crippen LogP contribution in [0.25, 0.3) is 0 Å². The molecule has 9 rings (SSSR count). The van der Waals surface area contributed by atoms with Crippen LogP contribution >= 0.6 is 0 Å². The Morgan fingerprint density at radius 2 is 1.53 bits per heavy atom. The largest absolute Gasteiger partial charge is 0.454 e. The monoisotopic (exact) mass is 800 g/mol. The van der Waals surface area contributed by atoms with Gasteiger partial charge in [0.2, 0.25) is 11.8 Å². The van der Waals surface area contributed by atoms with Crippen molar-refractivity contribution in [2.45, 2.75) is 62.7 Å². The Bertz CT molecular complexity index is 2320. The Morgan fingerprint density at radius 3 is 2.25 bits per heavy atom. The number of amides is 4. The summed E-state index contributed by atoms with van der Waals surface area (Å²) in [7, 11) is 0. The van der Waals surface area contributed by atoms with Gasteiger partial charge < -0.3 is 25.6 Å². The first-order chi connectivity index (χ1) is 28.6. The zero-order chi connectivity index (χ0) is 40.8. The van der Waals surface area contributed by atoms with Gasteiger partial charge in [-0.05, 0) is 86.7 Å². The van der Waals surface area contributed by atoms with E-state index in [-0.39, 0.29) is 36.2 Å². The predicted molar refractivity (Wildman–Crippen MR) is 217 cm³/mol. The van der Waals surface area contributed by atoms with Crippen LogP contribution in [0, 0.1) is 11.2 Å². The number of halogens is 1. The third-order valence-electron chi connectivity index (χ3n) is 12.4. The van der Waals surface area contributed by atoms with Gasteiger partial charge in [0.25, 0.3) is 11.8 Å². The molecule has 0 saturated carbocycles. The maximum absolute atomic E-state index is 14.1. The van der Waals surface area contributed by atoms with E-state index in [1.165, 1.54) is 12.4 Å². The molecule has 0 radical (unpaired) electrons. The van der Waals surface area contributed by atoms with Crippen molar-refractivity contribution in [3.8, 4) is 11.5 Å². The average Bonchev–Trinajstić information content (AvgIpc) is 3.47. The van der Waals surface area contributed by atoms with E-state index in [1.54, 1.807) is 54.6 Å². The van der Waals surface area contributed by atoms with Crippen LogP contribution < -0.4 is 26.0 Å². The Hall–Kier alpha value is -6.26. The highest BCUT2D eigenvalue weighted by molar-refractivity contribution is 6.23. The van der Waals surface area contributed by atoms with Crippen molar-refractivity contribution >= 4 is 46.7 Å². The van der Waals surface area contributed by atoms with E-state index in [4.69, 9.17) is 15.9 Å². The van der Waals surface area contributed by atoms with Crippen molar-refractivity contribution in [3.05, 3.63) is 101 Å². The van der Waals surface area contributed by atoms with Gasteiger partial charge in [-0.1, -0.05) is 12.1 Å².